The minimum absolute atomic E-state index is 0.211. The van der Waals surface area contributed by atoms with Crippen molar-refractivity contribution in [2.24, 2.45) is 0 Å². The highest BCUT2D eigenvalue weighted by atomic mass is 19.1. The van der Waals surface area contributed by atoms with E-state index in [4.69, 9.17) is 0 Å². The fraction of sp³-hybridized carbons (Fsp3) is 0.238. The maximum absolute atomic E-state index is 12.9. The number of hydrogen-bond acceptors (Lipinski definition) is 4. The van der Waals surface area contributed by atoms with Crippen molar-refractivity contribution in [3.63, 3.8) is 0 Å². The second-order valence-electron chi connectivity index (χ2n) is 6.36. The van der Waals surface area contributed by atoms with E-state index in [1.54, 1.807) is 12.1 Å². The molecule has 3 rings (SSSR count). The molecule has 134 valence electrons. The Morgan fingerprint density at radius 1 is 0.885 bits per heavy atom. The molecule has 0 amide bonds. The van der Waals surface area contributed by atoms with Gasteiger partial charge in [-0.3, -0.25) is 0 Å². The Morgan fingerprint density at radius 2 is 1.69 bits per heavy atom. The third kappa shape index (κ3) is 5.28. The standard InChI is InChI=1S/C21H23FN4/c1-15-4-3-5-18(12-15)14-24-21-25-16(2)13-20(26-21)23-11-10-17-6-8-19(22)9-7-17/h3-9,12-13H,10-11,14H2,1-2H3,(H2,23,24,25,26). The largest absolute Gasteiger partial charge is 0.370 e. The first kappa shape index (κ1) is 17.9. The van der Waals surface area contributed by atoms with Gasteiger partial charge in [0.2, 0.25) is 5.95 Å². The van der Waals surface area contributed by atoms with Crippen LogP contribution in [0.15, 0.2) is 54.6 Å². The topological polar surface area (TPSA) is 49.8 Å². The first-order chi connectivity index (χ1) is 12.6. The van der Waals surface area contributed by atoms with Crippen molar-refractivity contribution in [2.75, 3.05) is 17.2 Å². The van der Waals surface area contributed by atoms with Crippen LogP contribution >= 0.6 is 0 Å². The first-order valence-electron chi connectivity index (χ1n) is 8.72. The van der Waals surface area contributed by atoms with Crippen molar-refractivity contribution in [1.82, 2.24) is 9.97 Å². The number of hydrogen-bond donors (Lipinski definition) is 2. The van der Waals surface area contributed by atoms with E-state index in [1.165, 1.54) is 23.3 Å². The second-order valence-corrected chi connectivity index (χ2v) is 6.36. The molecule has 0 aliphatic carbocycles. The van der Waals surface area contributed by atoms with Gasteiger partial charge in [0.05, 0.1) is 0 Å². The van der Waals surface area contributed by atoms with E-state index in [0.717, 1.165) is 30.0 Å². The van der Waals surface area contributed by atoms with Crippen LogP contribution in [0.3, 0.4) is 0 Å². The number of anilines is 2. The van der Waals surface area contributed by atoms with E-state index in [-0.39, 0.29) is 5.82 Å². The summed E-state index contributed by atoms with van der Waals surface area (Å²) in [5.41, 5.74) is 4.41. The van der Waals surface area contributed by atoms with Gasteiger partial charge in [0.25, 0.3) is 0 Å². The molecule has 0 bridgehead atoms. The van der Waals surface area contributed by atoms with E-state index in [1.807, 2.05) is 19.1 Å². The molecule has 1 aromatic heterocycles. The lowest BCUT2D eigenvalue weighted by Crippen LogP contribution is -2.10. The molecular formula is C21H23FN4. The van der Waals surface area contributed by atoms with Crippen molar-refractivity contribution in [3.8, 4) is 0 Å². The highest BCUT2D eigenvalue weighted by Crippen LogP contribution is 2.12. The lowest BCUT2D eigenvalue weighted by molar-refractivity contribution is 0.627. The molecule has 1 heterocycles. The summed E-state index contributed by atoms with van der Waals surface area (Å²) in [6.07, 6.45) is 0.801. The Hall–Kier alpha value is -2.95. The summed E-state index contributed by atoms with van der Waals surface area (Å²) < 4.78 is 12.9. The van der Waals surface area contributed by atoms with E-state index in [9.17, 15) is 4.39 Å². The van der Waals surface area contributed by atoms with Crippen LogP contribution in [0.1, 0.15) is 22.4 Å². The van der Waals surface area contributed by atoms with Crippen molar-refractivity contribution < 1.29 is 4.39 Å². The molecule has 5 heteroatoms. The normalized spacial score (nSPS) is 10.6. The molecule has 0 saturated carbocycles. The third-order valence-corrected chi connectivity index (χ3v) is 4.02. The van der Waals surface area contributed by atoms with Crippen LogP contribution < -0.4 is 10.6 Å². The van der Waals surface area contributed by atoms with Gasteiger partial charge in [-0.05, 0) is 43.5 Å². The van der Waals surface area contributed by atoms with Gasteiger partial charge in [-0.15, -0.1) is 0 Å². The molecule has 0 atom stereocenters. The zero-order chi connectivity index (χ0) is 18.4. The Balaban J connectivity index is 1.57. The van der Waals surface area contributed by atoms with E-state index in [2.05, 4.69) is 45.7 Å². The molecule has 0 aliphatic rings. The lowest BCUT2D eigenvalue weighted by atomic mass is 10.1. The number of nitrogens with zero attached hydrogens (tertiary/aromatic N) is 2. The Labute approximate surface area is 153 Å². The molecule has 0 fully saturated rings. The fourth-order valence-electron chi connectivity index (χ4n) is 2.73. The summed E-state index contributed by atoms with van der Waals surface area (Å²) in [7, 11) is 0. The van der Waals surface area contributed by atoms with E-state index < -0.39 is 0 Å². The SMILES string of the molecule is Cc1cccc(CNc2nc(C)cc(NCCc3ccc(F)cc3)n2)c1. The number of aromatic nitrogens is 2. The highest BCUT2D eigenvalue weighted by Gasteiger charge is 2.03. The summed E-state index contributed by atoms with van der Waals surface area (Å²) in [5, 5.41) is 6.59. The minimum atomic E-state index is -0.211. The van der Waals surface area contributed by atoms with Crippen molar-refractivity contribution in [1.29, 1.82) is 0 Å². The van der Waals surface area contributed by atoms with Crippen LogP contribution in [0.4, 0.5) is 16.2 Å². The van der Waals surface area contributed by atoms with Gasteiger partial charge in [0, 0.05) is 24.8 Å². The minimum Gasteiger partial charge on any atom is -0.370 e. The van der Waals surface area contributed by atoms with Gasteiger partial charge in [-0.1, -0.05) is 42.0 Å². The van der Waals surface area contributed by atoms with Crippen molar-refractivity contribution in [2.45, 2.75) is 26.8 Å². The Morgan fingerprint density at radius 3 is 2.46 bits per heavy atom. The number of nitrogens with one attached hydrogen (secondary N) is 2. The zero-order valence-electron chi connectivity index (χ0n) is 15.1. The molecule has 0 saturated heterocycles. The summed E-state index contributed by atoms with van der Waals surface area (Å²) in [5.74, 6) is 1.18. The molecule has 2 aromatic carbocycles. The predicted molar refractivity (Wildman–Crippen MR) is 104 cm³/mol. The zero-order valence-corrected chi connectivity index (χ0v) is 15.1. The van der Waals surface area contributed by atoms with Gasteiger partial charge in [-0.25, -0.2) is 9.37 Å². The van der Waals surface area contributed by atoms with Crippen LogP contribution in [0.5, 0.6) is 0 Å². The molecule has 26 heavy (non-hydrogen) atoms. The molecule has 4 nitrogen and oxygen atoms in total. The number of benzene rings is 2. The van der Waals surface area contributed by atoms with Crippen LogP contribution in [0.2, 0.25) is 0 Å². The van der Waals surface area contributed by atoms with E-state index >= 15 is 0 Å². The second kappa shape index (κ2) is 8.43. The van der Waals surface area contributed by atoms with Crippen molar-refractivity contribution in [3.05, 3.63) is 82.8 Å². The molecule has 0 aliphatic heterocycles. The van der Waals surface area contributed by atoms with E-state index in [0.29, 0.717) is 12.5 Å². The van der Waals surface area contributed by atoms with Crippen LogP contribution in [-0.4, -0.2) is 16.5 Å². The smallest absolute Gasteiger partial charge is 0.225 e. The molecule has 0 unspecified atom stereocenters. The maximum Gasteiger partial charge on any atom is 0.225 e. The summed E-state index contributed by atoms with van der Waals surface area (Å²) >= 11 is 0. The first-order valence-corrected chi connectivity index (χ1v) is 8.72. The summed E-state index contributed by atoms with van der Waals surface area (Å²) in [6.45, 7) is 5.43. The molecular weight excluding hydrogens is 327 g/mol. The predicted octanol–water partition coefficient (Wildman–Crippen LogP) is 4.50. The monoisotopic (exact) mass is 350 g/mol. The fourth-order valence-corrected chi connectivity index (χ4v) is 2.73. The number of rotatable bonds is 7. The van der Waals surface area contributed by atoms with Gasteiger partial charge in [0.1, 0.15) is 11.6 Å². The van der Waals surface area contributed by atoms with Crippen LogP contribution in [-0.2, 0) is 13.0 Å². The summed E-state index contributed by atoms with van der Waals surface area (Å²) in [6, 6.07) is 16.8. The molecule has 2 N–H and O–H groups in total. The third-order valence-electron chi connectivity index (χ3n) is 4.02. The number of halogens is 1. The van der Waals surface area contributed by atoms with Crippen LogP contribution in [0, 0.1) is 19.7 Å². The maximum atomic E-state index is 12.9. The average Bonchev–Trinajstić information content (AvgIpc) is 2.61. The quantitative estimate of drug-likeness (QED) is 0.659. The molecule has 3 aromatic rings. The number of aryl methyl sites for hydroxylation is 2. The highest BCUT2D eigenvalue weighted by molar-refractivity contribution is 5.42. The van der Waals surface area contributed by atoms with Gasteiger partial charge < -0.3 is 10.6 Å². The average molecular weight is 350 g/mol. The van der Waals surface area contributed by atoms with Gasteiger partial charge >= 0.3 is 0 Å². The Bertz CT molecular complexity index is 862. The summed E-state index contributed by atoms with van der Waals surface area (Å²) in [4.78, 5) is 8.97. The molecule has 0 spiro atoms. The molecule has 0 radical (unpaired) electrons. The van der Waals surface area contributed by atoms with Gasteiger partial charge in [0.15, 0.2) is 0 Å². The Kier molecular flexibility index (Phi) is 5.79. The van der Waals surface area contributed by atoms with Crippen molar-refractivity contribution >= 4 is 11.8 Å². The van der Waals surface area contributed by atoms with Gasteiger partial charge in [-0.2, -0.15) is 4.98 Å². The lowest BCUT2D eigenvalue weighted by Gasteiger charge is -2.10. The van der Waals surface area contributed by atoms with Crippen LogP contribution in [0.25, 0.3) is 0 Å².